The van der Waals surface area contributed by atoms with Gasteiger partial charge in [0.1, 0.15) is 0 Å². The number of rotatable bonds is 5. The summed E-state index contributed by atoms with van der Waals surface area (Å²) in [5, 5.41) is 3.88. The highest BCUT2D eigenvalue weighted by Crippen LogP contribution is 2.35. The summed E-state index contributed by atoms with van der Waals surface area (Å²) in [7, 11) is 0. The third kappa shape index (κ3) is 5.69. The molecule has 0 saturated carbocycles. The Morgan fingerprint density at radius 3 is 2.31 bits per heavy atom. The van der Waals surface area contributed by atoms with Gasteiger partial charge in [-0.3, -0.25) is 9.78 Å². The van der Waals surface area contributed by atoms with Crippen molar-refractivity contribution >= 4 is 47.3 Å². The van der Waals surface area contributed by atoms with Gasteiger partial charge < -0.3 is 11.1 Å². The van der Waals surface area contributed by atoms with E-state index in [4.69, 9.17) is 10.7 Å². The molecule has 0 aliphatic rings. The SMILES string of the molecule is CC(=O)Nc1ccc2nc(CC(C)C)c(CN)c(-c3ccc(C)cc3)c2c1.Cl.Cl. The number of benzene rings is 2. The molecule has 156 valence electrons. The number of amides is 1. The number of aromatic nitrogens is 1. The van der Waals surface area contributed by atoms with E-state index in [9.17, 15) is 4.79 Å². The standard InChI is InChI=1S/C23H27N3O.2ClH/c1-14(2)11-22-20(13-24)23(17-7-5-15(3)6-8-17)19-12-18(25-16(4)27)9-10-21(19)26-22;;/h5-10,12,14H,11,13,24H2,1-4H3,(H,25,27);2*1H. The van der Waals surface area contributed by atoms with E-state index in [1.807, 2.05) is 18.2 Å². The van der Waals surface area contributed by atoms with Crippen molar-refractivity contribution in [3.8, 4) is 11.1 Å². The van der Waals surface area contributed by atoms with Gasteiger partial charge in [-0.2, -0.15) is 0 Å². The Kier molecular flexibility index (Phi) is 9.09. The molecular weight excluding hydrogens is 405 g/mol. The van der Waals surface area contributed by atoms with E-state index in [0.29, 0.717) is 12.5 Å². The highest BCUT2D eigenvalue weighted by Gasteiger charge is 2.17. The van der Waals surface area contributed by atoms with Crippen LogP contribution in [0.15, 0.2) is 42.5 Å². The Bertz CT molecular complexity index is 986. The maximum absolute atomic E-state index is 11.5. The zero-order chi connectivity index (χ0) is 19.6. The fourth-order valence-electron chi connectivity index (χ4n) is 3.46. The molecule has 3 rings (SSSR count). The number of fused-ring (bicyclic) bond motifs is 1. The Morgan fingerprint density at radius 2 is 1.76 bits per heavy atom. The van der Waals surface area contributed by atoms with Gasteiger partial charge in [-0.25, -0.2) is 0 Å². The van der Waals surface area contributed by atoms with Crippen LogP contribution in [0.4, 0.5) is 5.69 Å². The van der Waals surface area contributed by atoms with Gasteiger partial charge in [0.25, 0.3) is 0 Å². The summed E-state index contributed by atoms with van der Waals surface area (Å²) in [5.41, 5.74) is 13.5. The first-order chi connectivity index (χ1) is 12.9. The average molecular weight is 434 g/mol. The van der Waals surface area contributed by atoms with Crippen LogP contribution in [-0.2, 0) is 17.8 Å². The highest BCUT2D eigenvalue weighted by molar-refractivity contribution is 6.00. The second-order valence-corrected chi connectivity index (χ2v) is 7.49. The monoisotopic (exact) mass is 433 g/mol. The lowest BCUT2D eigenvalue weighted by Gasteiger charge is -2.18. The number of carbonyl (C=O) groups excluding carboxylic acids is 1. The molecule has 0 aliphatic carbocycles. The quantitative estimate of drug-likeness (QED) is 0.544. The number of hydrogen-bond acceptors (Lipinski definition) is 3. The molecule has 0 aliphatic heterocycles. The molecule has 0 spiro atoms. The lowest BCUT2D eigenvalue weighted by atomic mass is 9.91. The van der Waals surface area contributed by atoms with Crippen LogP contribution in [0.2, 0.25) is 0 Å². The molecule has 0 fully saturated rings. The molecule has 3 N–H and O–H groups in total. The van der Waals surface area contributed by atoms with E-state index < -0.39 is 0 Å². The van der Waals surface area contributed by atoms with Crippen molar-refractivity contribution in [2.45, 2.75) is 40.7 Å². The molecule has 0 saturated heterocycles. The summed E-state index contributed by atoms with van der Waals surface area (Å²) in [6.45, 7) is 8.41. The van der Waals surface area contributed by atoms with Crippen molar-refractivity contribution in [2.24, 2.45) is 11.7 Å². The van der Waals surface area contributed by atoms with Gasteiger partial charge in [0.05, 0.1) is 5.52 Å². The molecule has 3 aromatic rings. The zero-order valence-corrected chi connectivity index (χ0v) is 18.9. The summed E-state index contributed by atoms with van der Waals surface area (Å²) in [6, 6.07) is 14.4. The van der Waals surface area contributed by atoms with Gasteiger partial charge in [-0.05, 0) is 54.2 Å². The van der Waals surface area contributed by atoms with Crippen LogP contribution in [0, 0.1) is 12.8 Å². The summed E-state index contributed by atoms with van der Waals surface area (Å²) < 4.78 is 0. The Morgan fingerprint density at radius 1 is 1.10 bits per heavy atom. The summed E-state index contributed by atoms with van der Waals surface area (Å²) >= 11 is 0. The number of nitrogens with two attached hydrogens (primary N) is 1. The minimum absolute atomic E-state index is 0. The molecule has 2 aromatic carbocycles. The predicted molar refractivity (Wildman–Crippen MR) is 127 cm³/mol. The average Bonchev–Trinajstić information content (AvgIpc) is 2.60. The van der Waals surface area contributed by atoms with Crippen LogP contribution in [0.1, 0.15) is 37.6 Å². The van der Waals surface area contributed by atoms with E-state index in [1.54, 1.807) is 0 Å². The number of halogens is 2. The normalized spacial score (nSPS) is 10.4. The summed E-state index contributed by atoms with van der Waals surface area (Å²) in [5.74, 6) is 0.402. The van der Waals surface area contributed by atoms with Crippen LogP contribution in [0.25, 0.3) is 22.0 Å². The van der Waals surface area contributed by atoms with Gasteiger partial charge >= 0.3 is 0 Å². The fourth-order valence-corrected chi connectivity index (χ4v) is 3.46. The van der Waals surface area contributed by atoms with Crippen LogP contribution in [0.3, 0.4) is 0 Å². The fraction of sp³-hybridized carbons (Fsp3) is 0.304. The predicted octanol–water partition coefficient (Wildman–Crippen LogP) is 5.67. The highest BCUT2D eigenvalue weighted by atomic mass is 35.5. The van der Waals surface area contributed by atoms with Gasteiger partial charge in [0.2, 0.25) is 5.91 Å². The maximum atomic E-state index is 11.5. The first-order valence-corrected chi connectivity index (χ1v) is 9.39. The third-order valence-corrected chi connectivity index (χ3v) is 4.64. The topological polar surface area (TPSA) is 68.0 Å². The summed E-state index contributed by atoms with van der Waals surface area (Å²) in [6.07, 6.45) is 0.884. The molecule has 0 unspecified atom stereocenters. The van der Waals surface area contributed by atoms with E-state index >= 15 is 0 Å². The van der Waals surface area contributed by atoms with Gasteiger partial charge in [-0.15, -0.1) is 24.8 Å². The second kappa shape index (κ2) is 10.6. The first kappa shape index (κ1) is 24.9. The largest absolute Gasteiger partial charge is 0.326 e. The minimum Gasteiger partial charge on any atom is -0.326 e. The van der Waals surface area contributed by atoms with Crippen molar-refractivity contribution < 1.29 is 4.79 Å². The Hall–Kier alpha value is -2.14. The van der Waals surface area contributed by atoms with Crippen molar-refractivity contribution in [3.05, 3.63) is 59.3 Å². The molecule has 0 bridgehead atoms. The van der Waals surface area contributed by atoms with E-state index in [0.717, 1.165) is 45.4 Å². The molecule has 0 atom stereocenters. The van der Waals surface area contributed by atoms with Crippen LogP contribution < -0.4 is 11.1 Å². The van der Waals surface area contributed by atoms with Gasteiger partial charge in [0, 0.05) is 30.2 Å². The Labute approximate surface area is 185 Å². The number of nitrogens with zero attached hydrogens (tertiary/aromatic N) is 1. The second-order valence-electron chi connectivity index (χ2n) is 7.49. The van der Waals surface area contributed by atoms with Crippen molar-refractivity contribution in [1.82, 2.24) is 4.98 Å². The molecule has 1 aromatic heterocycles. The first-order valence-electron chi connectivity index (χ1n) is 9.39. The molecule has 29 heavy (non-hydrogen) atoms. The number of anilines is 1. The van der Waals surface area contributed by atoms with Gasteiger partial charge in [-0.1, -0.05) is 43.7 Å². The van der Waals surface area contributed by atoms with Crippen molar-refractivity contribution in [2.75, 3.05) is 5.32 Å². The zero-order valence-electron chi connectivity index (χ0n) is 17.3. The maximum Gasteiger partial charge on any atom is 0.221 e. The molecule has 1 amide bonds. The van der Waals surface area contributed by atoms with E-state index in [2.05, 4.69) is 50.4 Å². The molecule has 4 nitrogen and oxygen atoms in total. The number of aryl methyl sites for hydroxylation is 1. The van der Waals surface area contributed by atoms with Crippen LogP contribution >= 0.6 is 24.8 Å². The number of hydrogen-bond donors (Lipinski definition) is 2. The number of pyridine rings is 1. The van der Waals surface area contributed by atoms with Crippen LogP contribution in [0.5, 0.6) is 0 Å². The Balaban J connectivity index is 0.00000210. The molecule has 1 heterocycles. The molecular formula is C23H29Cl2N3O. The lowest BCUT2D eigenvalue weighted by molar-refractivity contribution is -0.114. The molecule has 6 heteroatoms. The van der Waals surface area contributed by atoms with Gasteiger partial charge in [0.15, 0.2) is 0 Å². The van der Waals surface area contributed by atoms with E-state index in [-0.39, 0.29) is 30.7 Å². The molecule has 0 radical (unpaired) electrons. The minimum atomic E-state index is -0.0883. The lowest BCUT2D eigenvalue weighted by Crippen LogP contribution is -2.10. The van der Waals surface area contributed by atoms with Crippen LogP contribution in [-0.4, -0.2) is 10.9 Å². The van der Waals surface area contributed by atoms with E-state index in [1.165, 1.54) is 12.5 Å². The third-order valence-electron chi connectivity index (χ3n) is 4.64. The number of carbonyl (C=O) groups is 1. The van der Waals surface area contributed by atoms with Crippen molar-refractivity contribution in [3.63, 3.8) is 0 Å². The summed E-state index contributed by atoms with van der Waals surface area (Å²) in [4.78, 5) is 16.4. The van der Waals surface area contributed by atoms with Crippen molar-refractivity contribution in [1.29, 1.82) is 0 Å². The number of nitrogens with one attached hydrogen (secondary N) is 1. The smallest absolute Gasteiger partial charge is 0.221 e.